The molecule has 1 saturated heterocycles. The molecule has 0 unspecified atom stereocenters. The van der Waals surface area contributed by atoms with E-state index in [1.807, 2.05) is 0 Å². The van der Waals surface area contributed by atoms with Gasteiger partial charge in [-0.1, -0.05) is 20.8 Å². The number of piperidine rings is 1. The van der Waals surface area contributed by atoms with Crippen molar-refractivity contribution in [2.45, 2.75) is 33.6 Å². The van der Waals surface area contributed by atoms with Crippen molar-refractivity contribution in [3.63, 3.8) is 0 Å². The summed E-state index contributed by atoms with van der Waals surface area (Å²) in [6.45, 7) is 8.62. The monoisotopic (exact) mass is 199 g/mol. The number of rotatable bonds is 2. The van der Waals surface area contributed by atoms with E-state index in [0.717, 1.165) is 25.9 Å². The van der Waals surface area contributed by atoms with E-state index in [2.05, 4.69) is 26.1 Å². The van der Waals surface area contributed by atoms with Gasteiger partial charge in [0.15, 0.2) is 0 Å². The van der Waals surface area contributed by atoms with Crippen LogP contribution in [0.15, 0.2) is 0 Å². The van der Waals surface area contributed by atoms with Crippen LogP contribution in [-0.2, 0) is 9.53 Å². The standard InChI is InChI=1S/C11H21NO2/c1-11(2,3)8-14-10(13)9-4-6-12-7-5-9/h9,12H,4-8H2,1-3H3. The van der Waals surface area contributed by atoms with Gasteiger partial charge in [0.25, 0.3) is 0 Å². The molecule has 0 spiro atoms. The zero-order valence-corrected chi connectivity index (χ0v) is 9.43. The highest BCUT2D eigenvalue weighted by atomic mass is 16.5. The van der Waals surface area contributed by atoms with Crippen molar-refractivity contribution in [1.82, 2.24) is 5.32 Å². The van der Waals surface area contributed by atoms with E-state index in [1.54, 1.807) is 0 Å². The van der Waals surface area contributed by atoms with Crippen molar-refractivity contribution in [3.8, 4) is 0 Å². The molecule has 1 rings (SSSR count). The minimum absolute atomic E-state index is 0.0126. The average molecular weight is 199 g/mol. The van der Waals surface area contributed by atoms with Crippen LogP contribution >= 0.6 is 0 Å². The Labute approximate surface area is 86.2 Å². The fourth-order valence-corrected chi connectivity index (χ4v) is 1.46. The van der Waals surface area contributed by atoms with Gasteiger partial charge in [-0.2, -0.15) is 0 Å². The van der Waals surface area contributed by atoms with Crippen LogP contribution in [0.25, 0.3) is 0 Å². The molecule has 1 aliphatic rings. The van der Waals surface area contributed by atoms with Crippen LogP contribution < -0.4 is 5.32 Å². The van der Waals surface area contributed by atoms with E-state index in [4.69, 9.17) is 4.74 Å². The van der Waals surface area contributed by atoms with E-state index in [-0.39, 0.29) is 17.3 Å². The lowest BCUT2D eigenvalue weighted by molar-refractivity contribution is -0.152. The smallest absolute Gasteiger partial charge is 0.309 e. The Bertz CT molecular complexity index is 190. The summed E-state index contributed by atoms with van der Waals surface area (Å²) in [4.78, 5) is 11.6. The van der Waals surface area contributed by atoms with Crippen LogP contribution in [-0.4, -0.2) is 25.7 Å². The highest BCUT2D eigenvalue weighted by Gasteiger charge is 2.23. The van der Waals surface area contributed by atoms with E-state index >= 15 is 0 Å². The van der Waals surface area contributed by atoms with Crippen molar-refractivity contribution in [1.29, 1.82) is 0 Å². The Morgan fingerprint density at radius 3 is 2.43 bits per heavy atom. The molecule has 0 bridgehead atoms. The molecule has 14 heavy (non-hydrogen) atoms. The van der Waals surface area contributed by atoms with Gasteiger partial charge in [0.2, 0.25) is 0 Å². The van der Waals surface area contributed by atoms with Crippen LogP contribution in [0.1, 0.15) is 33.6 Å². The third-order valence-corrected chi connectivity index (χ3v) is 2.32. The molecule has 0 atom stereocenters. The number of hydrogen-bond acceptors (Lipinski definition) is 3. The van der Waals surface area contributed by atoms with Crippen molar-refractivity contribution in [2.24, 2.45) is 11.3 Å². The third kappa shape index (κ3) is 4.09. The number of nitrogens with one attached hydrogen (secondary N) is 1. The first-order chi connectivity index (χ1) is 6.49. The molecule has 1 aliphatic heterocycles. The maximum Gasteiger partial charge on any atom is 0.309 e. The molecule has 0 aromatic rings. The SMILES string of the molecule is CC(C)(C)COC(=O)C1CCNCC1. The zero-order chi connectivity index (χ0) is 10.6. The summed E-state index contributed by atoms with van der Waals surface area (Å²) >= 11 is 0. The topological polar surface area (TPSA) is 38.3 Å². The number of hydrogen-bond donors (Lipinski definition) is 1. The normalized spacial score (nSPS) is 19.4. The van der Waals surface area contributed by atoms with Crippen molar-refractivity contribution < 1.29 is 9.53 Å². The molecule has 0 radical (unpaired) electrons. The van der Waals surface area contributed by atoms with E-state index in [1.165, 1.54) is 0 Å². The second-order valence-electron chi connectivity index (χ2n) is 5.19. The lowest BCUT2D eigenvalue weighted by atomic mass is 9.97. The second-order valence-corrected chi connectivity index (χ2v) is 5.19. The zero-order valence-electron chi connectivity index (χ0n) is 9.43. The fraction of sp³-hybridized carbons (Fsp3) is 0.909. The summed E-state index contributed by atoms with van der Waals surface area (Å²) in [5.41, 5.74) is 0.0720. The Hall–Kier alpha value is -0.570. The van der Waals surface area contributed by atoms with E-state index < -0.39 is 0 Å². The highest BCUT2D eigenvalue weighted by molar-refractivity contribution is 5.72. The predicted molar refractivity (Wildman–Crippen MR) is 56.0 cm³/mol. The minimum atomic E-state index is -0.0126. The van der Waals surface area contributed by atoms with Crippen LogP contribution in [0.3, 0.4) is 0 Å². The Morgan fingerprint density at radius 1 is 1.36 bits per heavy atom. The maximum atomic E-state index is 11.6. The van der Waals surface area contributed by atoms with Crippen molar-refractivity contribution in [3.05, 3.63) is 0 Å². The van der Waals surface area contributed by atoms with E-state index in [0.29, 0.717) is 6.61 Å². The summed E-state index contributed by atoms with van der Waals surface area (Å²) in [5, 5.41) is 3.23. The molecular formula is C11H21NO2. The highest BCUT2D eigenvalue weighted by Crippen LogP contribution is 2.17. The summed E-state index contributed by atoms with van der Waals surface area (Å²) in [7, 11) is 0. The Balaban J connectivity index is 2.27. The van der Waals surface area contributed by atoms with Crippen LogP contribution in [0.4, 0.5) is 0 Å². The lowest BCUT2D eigenvalue weighted by Gasteiger charge is -2.24. The second kappa shape index (κ2) is 4.78. The lowest BCUT2D eigenvalue weighted by Crippen LogP contribution is -2.33. The third-order valence-electron chi connectivity index (χ3n) is 2.32. The van der Waals surface area contributed by atoms with Gasteiger partial charge in [-0.25, -0.2) is 0 Å². The molecular weight excluding hydrogens is 178 g/mol. The number of carbonyl (C=O) groups excluding carboxylic acids is 1. The average Bonchev–Trinajstić information content (AvgIpc) is 2.14. The van der Waals surface area contributed by atoms with Gasteiger partial charge in [-0.05, 0) is 31.3 Å². The van der Waals surface area contributed by atoms with E-state index in [9.17, 15) is 4.79 Å². The molecule has 82 valence electrons. The number of esters is 1. The Kier molecular flexibility index (Phi) is 3.93. The van der Waals surface area contributed by atoms with Crippen molar-refractivity contribution in [2.75, 3.05) is 19.7 Å². The molecule has 0 saturated carbocycles. The number of ether oxygens (including phenoxy) is 1. The van der Waals surface area contributed by atoms with Gasteiger partial charge in [0, 0.05) is 0 Å². The maximum absolute atomic E-state index is 11.6. The molecule has 1 N–H and O–H groups in total. The molecule has 0 aliphatic carbocycles. The minimum Gasteiger partial charge on any atom is -0.465 e. The van der Waals surface area contributed by atoms with Gasteiger partial charge < -0.3 is 10.1 Å². The van der Waals surface area contributed by atoms with Gasteiger partial charge in [0.1, 0.15) is 0 Å². The molecule has 3 heteroatoms. The van der Waals surface area contributed by atoms with Gasteiger partial charge in [0.05, 0.1) is 12.5 Å². The van der Waals surface area contributed by atoms with Gasteiger partial charge in [-0.15, -0.1) is 0 Å². The summed E-state index contributed by atoms with van der Waals surface area (Å²) in [5.74, 6) is 0.111. The van der Waals surface area contributed by atoms with Crippen LogP contribution in [0.5, 0.6) is 0 Å². The quantitative estimate of drug-likeness (QED) is 0.686. The number of carbonyl (C=O) groups is 1. The first-order valence-corrected chi connectivity index (χ1v) is 5.36. The Morgan fingerprint density at radius 2 is 1.93 bits per heavy atom. The van der Waals surface area contributed by atoms with Crippen molar-refractivity contribution >= 4 is 5.97 Å². The molecule has 0 amide bonds. The largest absolute Gasteiger partial charge is 0.465 e. The molecule has 1 fully saturated rings. The summed E-state index contributed by atoms with van der Waals surface area (Å²) in [6.07, 6.45) is 1.84. The first kappa shape index (κ1) is 11.5. The summed E-state index contributed by atoms with van der Waals surface area (Å²) < 4.78 is 5.28. The molecule has 0 aromatic carbocycles. The van der Waals surface area contributed by atoms with Crippen LogP contribution in [0.2, 0.25) is 0 Å². The van der Waals surface area contributed by atoms with Gasteiger partial charge in [-0.3, -0.25) is 4.79 Å². The molecule has 1 heterocycles. The fourth-order valence-electron chi connectivity index (χ4n) is 1.46. The summed E-state index contributed by atoms with van der Waals surface area (Å²) in [6, 6.07) is 0. The molecule has 3 nitrogen and oxygen atoms in total. The molecule has 0 aromatic heterocycles. The van der Waals surface area contributed by atoms with Crippen LogP contribution in [0, 0.1) is 11.3 Å². The van der Waals surface area contributed by atoms with Gasteiger partial charge >= 0.3 is 5.97 Å². The predicted octanol–water partition coefficient (Wildman–Crippen LogP) is 1.58. The first-order valence-electron chi connectivity index (χ1n) is 5.36.